The van der Waals surface area contributed by atoms with E-state index in [1.165, 1.54) is 12.1 Å². The van der Waals surface area contributed by atoms with Gasteiger partial charge in [-0.25, -0.2) is 4.39 Å². The SMILES string of the molecule is Cc1c(CNC(=O)C2CC(c3ccc(F)cc3)=NO2)cnn1C. The van der Waals surface area contributed by atoms with E-state index >= 15 is 0 Å². The van der Waals surface area contributed by atoms with Gasteiger partial charge in [0.25, 0.3) is 5.91 Å². The Bertz CT molecular complexity index is 752. The predicted octanol–water partition coefficient (Wildman–Crippen LogP) is 1.68. The fraction of sp³-hybridized carbons (Fsp3) is 0.312. The lowest BCUT2D eigenvalue weighted by Gasteiger charge is -2.09. The first kappa shape index (κ1) is 15.2. The molecule has 1 aromatic carbocycles. The molecule has 1 N–H and O–H groups in total. The van der Waals surface area contributed by atoms with E-state index in [0.717, 1.165) is 16.8 Å². The molecule has 1 aromatic heterocycles. The lowest BCUT2D eigenvalue weighted by molar-refractivity contribution is -0.131. The molecule has 1 amide bonds. The summed E-state index contributed by atoms with van der Waals surface area (Å²) in [6, 6.07) is 5.96. The van der Waals surface area contributed by atoms with E-state index in [1.807, 2.05) is 14.0 Å². The van der Waals surface area contributed by atoms with E-state index in [1.54, 1.807) is 23.0 Å². The second kappa shape index (κ2) is 6.20. The number of hydrogen-bond acceptors (Lipinski definition) is 4. The highest BCUT2D eigenvalue weighted by Crippen LogP contribution is 2.17. The molecular weight excluding hydrogens is 299 g/mol. The molecule has 6 nitrogen and oxygen atoms in total. The Labute approximate surface area is 132 Å². The van der Waals surface area contributed by atoms with Crippen LogP contribution < -0.4 is 5.32 Å². The van der Waals surface area contributed by atoms with Crippen molar-refractivity contribution in [1.82, 2.24) is 15.1 Å². The van der Waals surface area contributed by atoms with Crippen molar-refractivity contribution in [3.63, 3.8) is 0 Å². The molecule has 1 aliphatic rings. The van der Waals surface area contributed by atoms with Crippen molar-refractivity contribution in [3.05, 3.63) is 53.1 Å². The monoisotopic (exact) mass is 316 g/mol. The van der Waals surface area contributed by atoms with Crippen LogP contribution in [0, 0.1) is 12.7 Å². The molecule has 1 atom stereocenters. The highest BCUT2D eigenvalue weighted by atomic mass is 19.1. The van der Waals surface area contributed by atoms with Gasteiger partial charge in [0.05, 0.1) is 11.9 Å². The molecule has 0 spiro atoms. The molecule has 0 bridgehead atoms. The Morgan fingerprint density at radius 3 is 2.83 bits per heavy atom. The number of carbonyl (C=O) groups excluding carboxylic acids is 1. The summed E-state index contributed by atoms with van der Waals surface area (Å²) < 4.78 is 14.7. The Morgan fingerprint density at radius 2 is 2.17 bits per heavy atom. The summed E-state index contributed by atoms with van der Waals surface area (Å²) >= 11 is 0. The van der Waals surface area contributed by atoms with Crippen LogP contribution in [-0.4, -0.2) is 27.5 Å². The minimum absolute atomic E-state index is 0.228. The van der Waals surface area contributed by atoms with Gasteiger partial charge in [-0.3, -0.25) is 9.48 Å². The number of aromatic nitrogens is 2. The van der Waals surface area contributed by atoms with Gasteiger partial charge in [0.15, 0.2) is 0 Å². The largest absolute Gasteiger partial charge is 0.382 e. The van der Waals surface area contributed by atoms with Crippen molar-refractivity contribution < 1.29 is 14.0 Å². The quantitative estimate of drug-likeness (QED) is 0.933. The van der Waals surface area contributed by atoms with Gasteiger partial charge in [-0.05, 0) is 24.6 Å². The topological polar surface area (TPSA) is 68.5 Å². The van der Waals surface area contributed by atoms with E-state index in [4.69, 9.17) is 4.84 Å². The first-order chi connectivity index (χ1) is 11.0. The molecular formula is C16H17FN4O2. The van der Waals surface area contributed by atoms with Gasteiger partial charge >= 0.3 is 0 Å². The van der Waals surface area contributed by atoms with Gasteiger partial charge in [-0.2, -0.15) is 5.10 Å². The Hall–Kier alpha value is -2.70. The Balaban J connectivity index is 1.56. The van der Waals surface area contributed by atoms with Crippen LogP contribution in [0.5, 0.6) is 0 Å². The third-order valence-corrected chi connectivity index (χ3v) is 3.93. The van der Waals surface area contributed by atoms with E-state index in [9.17, 15) is 9.18 Å². The predicted molar refractivity (Wildman–Crippen MR) is 82.2 cm³/mol. The van der Waals surface area contributed by atoms with Crippen LogP contribution in [0.4, 0.5) is 4.39 Å². The summed E-state index contributed by atoms with van der Waals surface area (Å²) in [5.41, 5.74) is 3.35. The number of carbonyl (C=O) groups is 1. The van der Waals surface area contributed by atoms with Crippen molar-refractivity contribution in [2.45, 2.75) is 26.0 Å². The molecule has 120 valence electrons. The number of nitrogens with one attached hydrogen (secondary N) is 1. The number of hydrogen-bond donors (Lipinski definition) is 1. The lowest BCUT2D eigenvalue weighted by Crippen LogP contribution is -2.34. The van der Waals surface area contributed by atoms with Crippen LogP contribution >= 0.6 is 0 Å². The fourth-order valence-corrected chi connectivity index (χ4v) is 2.34. The summed E-state index contributed by atoms with van der Waals surface area (Å²) in [6.45, 7) is 2.33. The molecule has 7 heteroatoms. The molecule has 0 radical (unpaired) electrons. The fourth-order valence-electron chi connectivity index (χ4n) is 2.34. The van der Waals surface area contributed by atoms with Crippen LogP contribution in [0.2, 0.25) is 0 Å². The number of amides is 1. The van der Waals surface area contributed by atoms with Crippen molar-refractivity contribution in [2.75, 3.05) is 0 Å². The van der Waals surface area contributed by atoms with E-state index < -0.39 is 6.10 Å². The highest BCUT2D eigenvalue weighted by molar-refractivity contribution is 6.04. The molecule has 0 aliphatic carbocycles. The number of halogens is 1. The zero-order valence-corrected chi connectivity index (χ0v) is 12.9. The average Bonchev–Trinajstić information content (AvgIpc) is 3.15. The van der Waals surface area contributed by atoms with Gasteiger partial charge in [0.2, 0.25) is 6.10 Å². The summed E-state index contributed by atoms with van der Waals surface area (Å²) in [6.07, 6.45) is 1.43. The number of aryl methyl sites for hydroxylation is 1. The van der Waals surface area contributed by atoms with Crippen LogP contribution in [0.25, 0.3) is 0 Å². The molecule has 2 aromatic rings. The van der Waals surface area contributed by atoms with Crippen molar-refractivity contribution in [1.29, 1.82) is 0 Å². The molecule has 1 unspecified atom stereocenters. The number of nitrogens with zero attached hydrogens (tertiary/aromatic N) is 3. The maximum atomic E-state index is 12.9. The Morgan fingerprint density at radius 1 is 1.43 bits per heavy atom. The maximum absolute atomic E-state index is 12.9. The van der Waals surface area contributed by atoms with Crippen molar-refractivity contribution >= 4 is 11.6 Å². The van der Waals surface area contributed by atoms with Gasteiger partial charge in [-0.15, -0.1) is 0 Å². The lowest BCUT2D eigenvalue weighted by atomic mass is 10.0. The second-order valence-electron chi connectivity index (χ2n) is 5.44. The summed E-state index contributed by atoms with van der Waals surface area (Å²) in [7, 11) is 1.85. The third-order valence-electron chi connectivity index (χ3n) is 3.93. The van der Waals surface area contributed by atoms with Crippen molar-refractivity contribution in [3.8, 4) is 0 Å². The Kier molecular flexibility index (Phi) is 4.10. The molecule has 3 rings (SSSR count). The van der Waals surface area contributed by atoms with Gasteiger partial charge in [0.1, 0.15) is 5.82 Å². The summed E-state index contributed by atoms with van der Waals surface area (Å²) in [4.78, 5) is 17.4. The average molecular weight is 316 g/mol. The van der Waals surface area contributed by atoms with Gasteiger partial charge in [0, 0.05) is 31.3 Å². The standard InChI is InChI=1S/C16H17FN4O2/c1-10-12(9-19-21(10)2)8-18-16(22)15-7-14(20-23-15)11-3-5-13(17)6-4-11/h3-6,9,15H,7-8H2,1-2H3,(H,18,22). The van der Waals surface area contributed by atoms with Crippen LogP contribution in [0.3, 0.4) is 0 Å². The van der Waals surface area contributed by atoms with Crippen LogP contribution in [0.15, 0.2) is 35.6 Å². The van der Waals surface area contributed by atoms with E-state index in [0.29, 0.717) is 18.7 Å². The first-order valence-electron chi connectivity index (χ1n) is 7.28. The summed E-state index contributed by atoms with van der Waals surface area (Å²) in [5, 5.41) is 10.9. The van der Waals surface area contributed by atoms with E-state index in [2.05, 4.69) is 15.6 Å². The minimum Gasteiger partial charge on any atom is -0.382 e. The maximum Gasteiger partial charge on any atom is 0.264 e. The highest BCUT2D eigenvalue weighted by Gasteiger charge is 2.28. The number of rotatable bonds is 4. The normalized spacial score (nSPS) is 16.8. The molecule has 0 saturated heterocycles. The van der Waals surface area contributed by atoms with Crippen LogP contribution in [0.1, 0.15) is 23.2 Å². The molecule has 2 heterocycles. The van der Waals surface area contributed by atoms with Crippen molar-refractivity contribution in [2.24, 2.45) is 12.2 Å². The first-order valence-corrected chi connectivity index (χ1v) is 7.28. The summed E-state index contributed by atoms with van der Waals surface area (Å²) in [5.74, 6) is -0.538. The molecule has 1 aliphatic heterocycles. The minimum atomic E-state index is -0.660. The van der Waals surface area contributed by atoms with Gasteiger partial charge in [-0.1, -0.05) is 17.3 Å². The third kappa shape index (κ3) is 3.23. The smallest absolute Gasteiger partial charge is 0.264 e. The molecule has 23 heavy (non-hydrogen) atoms. The molecule has 0 fully saturated rings. The molecule has 0 saturated carbocycles. The van der Waals surface area contributed by atoms with Crippen LogP contribution in [-0.2, 0) is 23.2 Å². The second-order valence-corrected chi connectivity index (χ2v) is 5.44. The zero-order valence-electron chi connectivity index (χ0n) is 12.9. The number of oxime groups is 1. The zero-order chi connectivity index (χ0) is 16.4. The van der Waals surface area contributed by atoms with E-state index in [-0.39, 0.29) is 11.7 Å². The number of benzene rings is 1. The van der Waals surface area contributed by atoms with Gasteiger partial charge < -0.3 is 10.2 Å².